The Bertz CT molecular complexity index is 1610. The quantitative estimate of drug-likeness (QED) is 0.293. The van der Waals surface area contributed by atoms with Crippen molar-refractivity contribution in [3.8, 4) is 6.07 Å². The van der Waals surface area contributed by atoms with Gasteiger partial charge in [-0.3, -0.25) is 14.4 Å². The summed E-state index contributed by atoms with van der Waals surface area (Å²) < 4.78 is 27.7. The van der Waals surface area contributed by atoms with Gasteiger partial charge in [-0.25, -0.2) is 8.42 Å². The summed E-state index contributed by atoms with van der Waals surface area (Å²) in [4.78, 5) is 16.5. The number of nitrogens with zero attached hydrogens (tertiary/aromatic N) is 2. The van der Waals surface area contributed by atoms with Crippen LogP contribution in [0.3, 0.4) is 0 Å². The van der Waals surface area contributed by atoms with Gasteiger partial charge in [-0.1, -0.05) is 41.9 Å². The Morgan fingerprint density at radius 3 is 2.42 bits per heavy atom. The largest absolute Gasteiger partial charge is 0.312 e. The maximum atomic E-state index is 13.0. The molecule has 5 rings (SSSR count). The molecule has 0 unspecified atom stereocenters. The number of fused-ring (bicyclic) bond motifs is 1. The third kappa shape index (κ3) is 5.74. The number of carbonyl (C=O) groups excluding carboxylic acids is 1. The number of sulfonamides is 1. The Balaban J connectivity index is 1.27. The molecule has 3 aromatic carbocycles. The van der Waals surface area contributed by atoms with Gasteiger partial charge in [0.1, 0.15) is 11.1 Å². The van der Waals surface area contributed by atoms with E-state index in [1.54, 1.807) is 0 Å². The van der Waals surface area contributed by atoms with Crippen molar-refractivity contribution >= 4 is 49.6 Å². The van der Waals surface area contributed by atoms with Crippen molar-refractivity contribution in [2.24, 2.45) is 0 Å². The van der Waals surface area contributed by atoms with Crippen LogP contribution < -0.4 is 10.0 Å². The molecule has 0 fully saturated rings. The molecule has 4 aromatic rings. The van der Waals surface area contributed by atoms with Gasteiger partial charge in [0.25, 0.3) is 15.9 Å². The van der Waals surface area contributed by atoms with Crippen molar-refractivity contribution in [3.63, 3.8) is 0 Å². The van der Waals surface area contributed by atoms with Crippen LogP contribution in [0.1, 0.15) is 31.9 Å². The summed E-state index contributed by atoms with van der Waals surface area (Å²) in [7, 11) is -3.79. The van der Waals surface area contributed by atoms with E-state index in [0.29, 0.717) is 26.8 Å². The Morgan fingerprint density at radius 1 is 1.03 bits per heavy atom. The van der Waals surface area contributed by atoms with E-state index in [4.69, 9.17) is 11.6 Å². The lowest BCUT2D eigenvalue weighted by molar-refractivity contribution is 0.102. The summed E-state index contributed by atoms with van der Waals surface area (Å²) in [6, 6.07) is 24.5. The number of anilines is 2. The number of halogens is 1. The van der Waals surface area contributed by atoms with Crippen molar-refractivity contribution < 1.29 is 13.2 Å². The normalized spacial score (nSPS) is 13.4. The van der Waals surface area contributed by atoms with E-state index in [1.165, 1.54) is 65.4 Å². The van der Waals surface area contributed by atoms with E-state index in [1.807, 2.05) is 18.2 Å². The number of hydrogen-bond donors (Lipinski definition) is 2. The van der Waals surface area contributed by atoms with Gasteiger partial charge in [0.15, 0.2) is 0 Å². The minimum atomic E-state index is -3.79. The molecule has 0 saturated heterocycles. The maximum absolute atomic E-state index is 13.0. The monoisotopic (exact) mass is 562 g/mol. The molecule has 2 N–H and O–H groups in total. The lowest BCUT2D eigenvalue weighted by atomic mass is 10.0. The minimum Gasteiger partial charge on any atom is -0.312 e. The molecular formula is C28H23ClN4O3S2. The van der Waals surface area contributed by atoms with Gasteiger partial charge in [-0.2, -0.15) is 5.26 Å². The second-order valence-corrected chi connectivity index (χ2v) is 12.1. The lowest BCUT2D eigenvalue weighted by Crippen LogP contribution is -2.29. The Morgan fingerprint density at radius 2 is 1.74 bits per heavy atom. The van der Waals surface area contributed by atoms with E-state index in [0.717, 1.165) is 36.5 Å². The summed E-state index contributed by atoms with van der Waals surface area (Å²) in [5, 5.41) is 13.7. The number of thiophene rings is 1. The molecule has 1 aliphatic heterocycles. The van der Waals surface area contributed by atoms with Crippen molar-refractivity contribution in [1.82, 2.24) is 4.90 Å². The first-order valence-corrected chi connectivity index (χ1v) is 14.5. The Labute approximate surface area is 230 Å². The first-order valence-electron chi connectivity index (χ1n) is 11.8. The zero-order chi connectivity index (χ0) is 26.7. The van der Waals surface area contributed by atoms with Crippen LogP contribution in [0.25, 0.3) is 0 Å². The van der Waals surface area contributed by atoms with Crippen molar-refractivity contribution in [3.05, 3.63) is 111 Å². The average Bonchev–Trinajstić information content (AvgIpc) is 3.25. The van der Waals surface area contributed by atoms with Crippen molar-refractivity contribution in [2.45, 2.75) is 24.4 Å². The second-order valence-electron chi connectivity index (χ2n) is 8.86. The van der Waals surface area contributed by atoms with Gasteiger partial charge in [0.05, 0.1) is 10.5 Å². The van der Waals surface area contributed by atoms with Crippen LogP contribution in [0.5, 0.6) is 0 Å². The predicted molar refractivity (Wildman–Crippen MR) is 150 cm³/mol. The Hall–Kier alpha value is -3.68. The van der Waals surface area contributed by atoms with E-state index >= 15 is 0 Å². The second kappa shape index (κ2) is 11.0. The summed E-state index contributed by atoms with van der Waals surface area (Å²) in [5.41, 5.74) is 3.43. The summed E-state index contributed by atoms with van der Waals surface area (Å²) >= 11 is 7.28. The zero-order valence-corrected chi connectivity index (χ0v) is 22.5. The van der Waals surface area contributed by atoms with Crippen LogP contribution in [0.15, 0.2) is 83.8 Å². The first-order chi connectivity index (χ1) is 18.3. The summed E-state index contributed by atoms with van der Waals surface area (Å²) in [6.45, 7) is 2.39. The third-order valence-electron chi connectivity index (χ3n) is 6.25. The summed E-state index contributed by atoms with van der Waals surface area (Å²) in [5.74, 6) is -0.367. The number of amides is 1. The van der Waals surface area contributed by atoms with Gasteiger partial charge in [-0.15, -0.1) is 11.3 Å². The highest BCUT2D eigenvalue weighted by molar-refractivity contribution is 7.92. The topological polar surface area (TPSA) is 102 Å². The zero-order valence-electron chi connectivity index (χ0n) is 20.1. The van der Waals surface area contributed by atoms with Crippen LogP contribution in [0, 0.1) is 11.3 Å². The van der Waals surface area contributed by atoms with Crippen LogP contribution in [0.4, 0.5) is 10.7 Å². The van der Waals surface area contributed by atoms with E-state index in [2.05, 4.69) is 33.1 Å². The van der Waals surface area contributed by atoms with Crippen LogP contribution in [-0.2, 0) is 29.5 Å². The smallest absolute Gasteiger partial charge is 0.261 e. The molecule has 0 atom stereocenters. The molecule has 0 radical (unpaired) electrons. The molecule has 1 aliphatic rings. The Kier molecular flexibility index (Phi) is 7.49. The highest BCUT2D eigenvalue weighted by atomic mass is 35.5. The van der Waals surface area contributed by atoms with Gasteiger partial charge in [-0.05, 0) is 66.1 Å². The first kappa shape index (κ1) is 25.9. The molecule has 38 heavy (non-hydrogen) atoms. The molecular weight excluding hydrogens is 540 g/mol. The van der Waals surface area contributed by atoms with E-state index in [-0.39, 0.29) is 10.8 Å². The molecule has 10 heteroatoms. The SMILES string of the molecule is N#Cc1c(NC(=O)c2ccc(NS(=O)(=O)c3ccc(Cl)cc3)cc2)sc2c1CCN(Cc1ccccc1)C2. The maximum Gasteiger partial charge on any atom is 0.261 e. The van der Waals surface area contributed by atoms with Crippen LogP contribution >= 0.6 is 22.9 Å². The number of nitriles is 1. The van der Waals surface area contributed by atoms with Crippen molar-refractivity contribution in [1.29, 1.82) is 5.26 Å². The highest BCUT2D eigenvalue weighted by Crippen LogP contribution is 2.37. The molecule has 1 amide bonds. The number of benzene rings is 3. The fraction of sp³-hybridized carbons (Fsp3) is 0.143. The predicted octanol–water partition coefficient (Wildman–Crippen LogP) is 5.88. The average molecular weight is 563 g/mol. The molecule has 2 heterocycles. The summed E-state index contributed by atoms with van der Waals surface area (Å²) in [6.07, 6.45) is 0.750. The van der Waals surface area contributed by atoms with Crippen molar-refractivity contribution in [2.75, 3.05) is 16.6 Å². The van der Waals surface area contributed by atoms with Gasteiger partial charge in [0, 0.05) is 40.8 Å². The molecule has 0 bridgehead atoms. The molecule has 1 aromatic heterocycles. The van der Waals surface area contributed by atoms with Crippen LogP contribution in [0.2, 0.25) is 5.02 Å². The van der Waals surface area contributed by atoms with Gasteiger partial charge in [0.2, 0.25) is 0 Å². The minimum absolute atomic E-state index is 0.0803. The number of nitrogens with one attached hydrogen (secondary N) is 2. The third-order valence-corrected chi connectivity index (χ3v) is 9.03. The number of hydrogen-bond acceptors (Lipinski definition) is 6. The lowest BCUT2D eigenvalue weighted by Gasteiger charge is -2.26. The van der Waals surface area contributed by atoms with Crippen LogP contribution in [-0.4, -0.2) is 25.8 Å². The highest BCUT2D eigenvalue weighted by Gasteiger charge is 2.25. The molecule has 7 nitrogen and oxygen atoms in total. The fourth-order valence-corrected chi connectivity index (χ4v) is 6.75. The molecule has 0 saturated carbocycles. The van der Waals surface area contributed by atoms with Gasteiger partial charge < -0.3 is 5.32 Å². The van der Waals surface area contributed by atoms with E-state index < -0.39 is 10.0 Å². The fourth-order valence-electron chi connectivity index (χ4n) is 4.33. The number of rotatable bonds is 7. The number of carbonyl (C=O) groups is 1. The van der Waals surface area contributed by atoms with Gasteiger partial charge >= 0.3 is 0 Å². The standard InChI is InChI=1S/C28H23ClN4O3S2/c29-21-8-12-23(13-9-21)38(35,36)32-22-10-6-20(7-11-22)27(34)31-28-25(16-30)24-14-15-33(18-26(24)37-28)17-19-4-2-1-3-5-19/h1-13,32H,14-15,17-18H2,(H,31,34). The molecule has 0 aliphatic carbocycles. The van der Waals surface area contributed by atoms with E-state index in [9.17, 15) is 18.5 Å². The molecule has 0 spiro atoms. The molecule has 192 valence electrons.